The molecule has 7 nitrogen and oxygen atoms in total. The summed E-state index contributed by atoms with van der Waals surface area (Å²) in [5.41, 5.74) is 10.3. The van der Waals surface area contributed by atoms with Crippen LogP contribution in [0.3, 0.4) is 0 Å². The van der Waals surface area contributed by atoms with Crippen LogP contribution in [-0.4, -0.2) is 14.1 Å². The number of quaternary nitrogens is 1. The minimum absolute atomic E-state index is 0.367. The van der Waals surface area contributed by atoms with Crippen LogP contribution in [0, 0.1) is 0 Å². The lowest BCUT2D eigenvalue weighted by molar-refractivity contribution is -1.01. The molecule has 7 aromatic rings. The Bertz CT molecular complexity index is 2330. The van der Waals surface area contributed by atoms with Crippen molar-refractivity contribution in [2.75, 3.05) is 0 Å². The molecular weight excluding hydrogens is 492 g/mol. The Morgan fingerprint density at radius 3 is 2.76 bits per heavy atom. The predicted octanol–water partition coefficient (Wildman–Crippen LogP) is 5.68. The zero-order valence-corrected chi connectivity index (χ0v) is 20.9. The summed E-state index contributed by atoms with van der Waals surface area (Å²) in [6, 6.07) is 26.1. The second-order valence-electron chi connectivity index (χ2n) is 10.3. The van der Waals surface area contributed by atoms with Crippen molar-refractivity contribution in [3.63, 3.8) is 0 Å². The number of ether oxygens (including phenoxy) is 1. The number of hydrogen-bond donors (Lipinski definition) is 0. The summed E-state index contributed by atoms with van der Waals surface area (Å²) >= 11 is 1.84. The van der Waals surface area contributed by atoms with Crippen LogP contribution in [0.5, 0.6) is 11.5 Å². The topological polar surface area (TPSA) is 39.7 Å². The Morgan fingerprint density at radius 2 is 1.79 bits per heavy atom. The number of imidazole rings is 1. The van der Waals surface area contributed by atoms with Gasteiger partial charge >= 0.3 is 17.2 Å². The van der Waals surface area contributed by atoms with Gasteiger partial charge in [-0.2, -0.15) is 4.57 Å². The van der Waals surface area contributed by atoms with E-state index < -0.39 is 0 Å². The first-order valence-corrected chi connectivity index (χ1v) is 13.5. The van der Waals surface area contributed by atoms with E-state index in [9.17, 15) is 0 Å². The maximum Gasteiger partial charge on any atom is 0.369 e. The van der Waals surface area contributed by atoms with Crippen molar-refractivity contribution in [3.05, 3.63) is 85.2 Å². The number of para-hydroxylation sites is 4. The van der Waals surface area contributed by atoms with E-state index in [2.05, 4.69) is 105 Å². The van der Waals surface area contributed by atoms with Crippen LogP contribution in [-0.2, 0) is 7.05 Å². The number of aromatic nitrogens is 5. The van der Waals surface area contributed by atoms with Gasteiger partial charge < -0.3 is 4.74 Å². The average molecular weight is 510 g/mol. The van der Waals surface area contributed by atoms with Crippen molar-refractivity contribution in [2.24, 2.45) is 7.05 Å². The van der Waals surface area contributed by atoms with Gasteiger partial charge in [0.2, 0.25) is 17.0 Å². The van der Waals surface area contributed by atoms with Crippen LogP contribution >= 0.6 is 11.8 Å². The molecule has 0 fully saturated rings. The highest BCUT2D eigenvalue weighted by Crippen LogP contribution is 2.62. The van der Waals surface area contributed by atoms with Crippen LogP contribution in [0.4, 0.5) is 11.4 Å². The Balaban J connectivity index is 1.52. The van der Waals surface area contributed by atoms with Gasteiger partial charge in [-0.15, -0.1) is 0 Å². The quantitative estimate of drug-likeness (QED) is 0.195. The lowest BCUT2D eigenvalue weighted by Crippen LogP contribution is -2.84. The van der Waals surface area contributed by atoms with Crippen molar-refractivity contribution in [1.82, 2.24) is 18.8 Å². The highest BCUT2D eigenvalue weighted by Gasteiger charge is 2.69. The van der Waals surface area contributed by atoms with Gasteiger partial charge in [0.05, 0.1) is 33.1 Å². The first-order chi connectivity index (χ1) is 18.8. The fourth-order valence-electron chi connectivity index (χ4n) is 7.47. The largest absolute Gasteiger partial charge is 0.444 e. The maximum absolute atomic E-state index is 6.75. The van der Waals surface area contributed by atoms with Crippen LogP contribution in [0.2, 0.25) is 0 Å². The number of benzene rings is 4. The lowest BCUT2D eigenvalue weighted by atomic mass is 10.1. The molecule has 4 aliphatic rings. The summed E-state index contributed by atoms with van der Waals surface area (Å²) in [7, 11) is 2.17. The summed E-state index contributed by atoms with van der Waals surface area (Å²) in [5.74, 6) is 2.92. The predicted molar refractivity (Wildman–Crippen MR) is 144 cm³/mol. The van der Waals surface area contributed by atoms with E-state index in [4.69, 9.17) is 9.72 Å². The third-order valence-electron chi connectivity index (χ3n) is 8.72. The van der Waals surface area contributed by atoms with Crippen LogP contribution < -0.4 is 18.8 Å². The Kier molecular flexibility index (Phi) is 2.73. The second-order valence-corrected chi connectivity index (χ2v) is 11.4. The SMILES string of the molecule is Cn1c2[n+](c3ccccc31)[N+]13c4c(cccc4-2)Oc2ccc4c(c21)-n1c2c(cccc2c2ncc[n+]3c21)S4. The van der Waals surface area contributed by atoms with E-state index in [1.165, 1.54) is 43.0 Å². The van der Waals surface area contributed by atoms with Crippen LogP contribution in [0.25, 0.3) is 50.2 Å². The van der Waals surface area contributed by atoms with E-state index in [-0.39, 0.29) is 0 Å². The monoisotopic (exact) mass is 509 g/mol. The van der Waals surface area contributed by atoms with E-state index >= 15 is 0 Å². The molecule has 0 saturated carbocycles. The molecule has 1 atom stereocenters. The molecule has 0 bridgehead atoms. The van der Waals surface area contributed by atoms with Crippen molar-refractivity contribution < 1.29 is 14.1 Å². The molecule has 3 aromatic heterocycles. The molecule has 0 N–H and O–H groups in total. The molecule has 0 saturated heterocycles. The molecule has 1 unspecified atom stereocenters. The number of fused-ring (bicyclic) bond motifs is 5. The summed E-state index contributed by atoms with van der Waals surface area (Å²) in [5, 5.41) is 1.18. The van der Waals surface area contributed by atoms with Gasteiger partial charge in [0.1, 0.15) is 5.56 Å². The third-order valence-corrected chi connectivity index (χ3v) is 9.82. The molecule has 7 heterocycles. The molecule has 4 aliphatic heterocycles. The number of hydrogen-bond acceptors (Lipinski definition) is 3. The van der Waals surface area contributed by atoms with E-state index in [0.29, 0.717) is 4.70 Å². The fourth-order valence-corrected chi connectivity index (χ4v) is 8.57. The first-order valence-electron chi connectivity index (χ1n) is 12.7. The number of aryl methyl sites for hydroxylation is 1. The average Bonchev–Trinajstić information content (AvgIpc) is 3.57. The zero-order chi connectivity index (χ0) is 24.5. The van der Waals surface area contributed by atoms with E-state index in [1.807, 2.05) is 18.0 Å². The van der Waals surface area contributed by atoms with Gasteiger partial charge in [0, 0.05) is 4.68 Å². The molecule has 0 aliphatic carbocycles. The standard InChI is InChI=1S/C30H17N6OS/c1-32-18-8-2-3-9-19(18)35-29(32)17-7-4-10-20-27(17)36(35)28-21(37-20)12-13-23-26(28)34-25-16(6-5-11-22(25)38-23)24-30(34)33(36)15-14-31-24/h2-15H,1H3/q+3. The van der Waals surface area contributed by atoms with Gasteiger partial charge in [-0.1, -0.05) is 36.0 Å². The van der Waals surface area contributed by atoms with E-state index in [0.717, 1.165) is 39.9 Å². The van der Waals surface area contributed by atoms with E-state index in [1.54, 1.807) is 0 Å². The molecule has 1 spiro atoms. The summed E-state index contributed by atoms with van der Waals surface area (Å²) in [6.45, 7) is 0. The normalized spacial score (nSPS) is 18.3. The molecule has 0 radical (unpaired) electrons. The van der Waals surface area contributed by atoms with Crippen molar-refractivity contribution in [2.45, 2.75) is 9.79 Å². The zero-order valence-electron chi connectivity index (χ0n) is 20.1. The molecule has 38 heavy (non-hydrogen) atoms. The smallest absolute Gasteiger partial charge is 0.369 e. The summed E-state index contributed by atoms with van der Waals surface area (Å²) in [4.78, 5) is 7.46. The minimum Gasteiger partial charge on any atom is -0.444 e. The highest BCUT2D eigenvalue weighted by atomic mass is 32.2. The van der Waals surface area contributed by atoms with Crippen molar-refractivity contribution in [1.29, 1.82) is 0 Å². The molecule has 0 amide bonds. The maximum atomic E-state index is 6.75. The molecule has 4 aromatic carbocycles. The van der Waals surface area contributed by atoms with Crippen molar-refractivity contribution in [3.8, 4) is 28.6 Å². The van der Waals surface area contributed by atoms with Gasteiger partial charge in [0.25, 0.3) is 5.69 Å². The Hall–Kier alpha value is -4.66. The summed E-state index contributed by atoms with van der Waals surface area (Å²) in [6.07, 6.45) is 4.09. The number of rotatable bonds is 0. The fraction of sp³-hybridized carbons (Fsp3) is 0.0333. The van der Waals surface area contributed by atoms with Gasteiger partial charge in [-0.05, 0) is 53.2 Å². The lowest BCUT2D eigenvalue weighted by Gasteiger charge is -2.35. The molecule has 176 valence electrons. The Morgan fingerprint density at radius 1 is 0.895 bits per heavy atom. The minimum atomic E-state index is 0.367. The molecular formula is C30H17N6OS+3. The van der Waals surface area contributed by atoms with Crippen molar-refractivity contribution >= 4 is 56.2 Å². The molecule has 8 heteroatoms. The van der Waals surface area contributed by atoms with Crippen LogP contribution in [0.15, 0.2) is 95.0 Å². The Labute approximate surface area is 219 Å². The summed E-state index contributed by atoms with van der Waals surface area (Å²) < 4.78 is 16.8. The number of nitrogens with zero attached hydrogens (tertiary/aromatic N) is 6. The second kappa shape index (κ2) is 5.60. The molecule has 11 rings (SSSR count). The third kappa shape index (κ3) is 1.62. The highest BCUT2D eigenvalue weighted by molar-refractivity contribution is 7.99. The first kappa shape index (κ1) is 18.6. The van der Waals surface area contributed by atoms with Gasteiger partial charge in [-0.25, -0.2) is 9.55 Å². The van der Waals surface area contributed by atoms with Crippen LogP contribution in [0.1, 0.15) is 0 Å². The van der Waals surface area contributed by atoms with Gasteiger partial charge in [-0.3, -0.25) is 0 Å². The van der Waals surface area contributed by atoms with Gasteiger partial charge in [0.15, 0.2) is 28.5 Å².